The molecule has 6 rings (SSSR count). The lowest BCUT2D eigenvalue weighted by Gasteiger charge is -2.43. The number of carbonyl (C=O) groups excluding carboxylic acids is 2. The van der Waals surface area contributed by atoms with Gasteiger partial charge in [-0.2, -0.15) is 0 Å². The van der Waals surface area contributed by atoms with Gasteiger partial charge in [0.25, 0.3) is 5.91 Å². The molecule has 8 heteroatoms. The van der Waals surface area contributed by atoms with Crippen LogP contribution in [0.3, 0.4) is 0 Å². The smallest absolute Gasteiger partial charge is 0.407 e. The number of nitrogens with one attached hydrogen (secondary N) is 1. The molecule has 0 radical (unpaired) electrons. The van der Waals surface area contributed by atoms with Crippen LogP contribution in [-0.4, -0.2) is 76.4 Å². The highest BCUT2D eigenvalue weighted by atomic mass is 32.2. The van der Waals surface area contributed by atoms with E-state index in [0.29, 0.717) is 37.5 Å². The van der Waals surface area contributed by atoms with Crippen molar-refractivity contribution >= 4 is 34.7 Å². The molecule has 1 saturated heterocycles. The normalized spacial score (nSPS) is 15.9. The summed E-state index contributed by atoms with van der Waals surface area (Å²) in [5.41, 5.74) is 4.28. The Balaban J connectivity index is 1.30. The second kappa shape index (κ2) is 17.4. The molecule has 0 aliphatic carbocycles. The van der Waals surface area contributed by atoms with Gasteiger partial charge in [-0.15, -0.1) is 11.8 Å². The molecule has 0 spiro atoms. The lowest BCUT2D eigenvalue weighted by molar-refractivity contribution is 0.0385. The number of benzene rings is 4. The van der Waals surface area contributed by atoms with Gasteiger partial charge in [0.05, 0.1) is 21.9 Å². The third-order valence-corrected chi connectivity index (χ3v) is 11.6. The zero-order valence-corrected chi connectivity index (χ0v) is 32.2. The van der Waals surface area contributed by atoms with E-state index < -0.39 is 16.4 Å². The molecule has 1 aromatic heterocycles. The summed E-state index contributed by atoms with van der Waals surface area (Å²) in [6, 6.07) is 41.6. The Bertz CT molecular complexity index is 1830. The van der Waals surface area contributed by atoms with E-state index in [9.17, 15) is 9.59 Å². The van der Waals surface area contributed by atoms with Crippen LogP contribution >= 0.6 is 11.8 Å². The van der Waals surface area contributed by atoms with E-state index in [4.69, 9.17) is 4.74 Å². The summed E-state index contributed by atoms with van der Waals surface area (Å²) < 4.78 is 5.30. The molecule has 0 unspecified atom stereocenters. The molecule has 1 fully saturated rings. The molecule has 7 nitrogen and oxygen atoms in total. The van der Waals surface area contributed by atoms with Crippen molar-refractivity contribution < 1.29 is 14.3 Å². The van der Waals surface area contributed by atoms with Crippen LogP contribution in [0.5, 0.6) is 0 Å². The molecule has 1 aliphatic rings. The lowest BCUT2D eigenvalue weighted by Crippen LogP contribution is -2.58. The summed E-state index contributed by atoms with van der Waals surface area (Å²) in [6.07, 6.45) is 4.41. The average molecular weight is 729 g/mol. The van der Waals surface area contributed by atoms with Crippen molar-refractivity contribution in [3.63, 3.8) is 0 Å². The molecule has 276 valence electrons. The van der Waals surface area contributed by atoms with E-state index in [1.54, 1.807) is 6.20 Å². The number of hydrogen-bond donors (Lipinski definition) is 1. The molecule has 1 aliphatic heterocycles. The first-order valence-corrected chi connectivity index (χ1v) is 19.8. The minimum atomic E-state index is -0.629. The number of thioether (sulfide) groups is 1. The first kappa shape index (κ1) is 38.1. The standard InChI is InChI=1S/C45H52N4O3S/c1-5-6-26-39-32-49(42(50)40-27-16-18-34-19-17-28-46-41(34)40)30-29-48(39)31-38(47-43(51)52-44(2,3)4)33-53-45(35-20-10-7-11-21-35,36-22-12-8-13-23-36)37-24-14-9-15-25-37/h7-25,27-28,38-39H,5-6,26,29-33H2,1-4H3,(H,47,51)/t38-,39+/m1/s1. The third-order valence-electron chi connectivity index (χ3n) is 9.86. The van der Waals surface area contributed by atoms with Crippen LogP contribution in [0.4, 0.5) is 4.79 Å². The second-order valence-corrected chi connectivity index (χ2v) is 16.1. The van der Waals surface area contributed by atoms with Crippen LogP contribution in [0, 0.1) is 0 Å². The number of alkyl carbamates (subject to hydrolysis) is 1. The molecule has 2 atom stereocenters. The monoisotopic (exact) mass is 728 g/mol. The summed E-state index contributed by atoms with van der Waals surface area (Å²) in [5, 5.41) is 4.26. The molecule has 2 heterocycles. The minimum absolute atomic E-state index is 0.0211. The maximum Gasteiger partial charge on any atom is 0.407 e. The summed E-state index contributed by atoms with van der Waals surface area (Å²) >= 11 is 1.84. The molecule has 53 heavy (non-hydrogen) atoms. The van der Waals surface area contributed by atoms with E-state index in [2.05, 4.69) is 113 Å². The van der Waals surface area contributed by atoms with Crippen molar-refractivity contribution in [3.05, 3.63) is 150 Å². The Hall–Kier alpha value is -4.66. The fourth-order valence-electron chi connectivity index (χ4n) is 7.37. The minimum Gasteiger partial charge on any atom is -0.444 e. The van der Waals surface area contributed by atoms with Crippen molar-refractivity contribution in [2.45, 2.75) is 69.4 Å². The molecular weight excluding hydrogens is 677 g/mol. The van der Waals surface area contributed by atoms with Crippen molar-refractivity contribution in [2.24, 2.45) is 0 Å². The maximum absolute atomic E-state index is 14.0. The average Bonchev–Trinajstić information content (AvgIpc) is 3.17. The highest BCUT2D eigenvalue weighted by molar-refractivity contribution is 8.00. The number of fused-ring (bicyclic) bond motifs is 1. The molecular formula is C45H52N4O3S. The summed E-state index contributed by atoms with van der Waals surface area (Å²) in [5.74, 6) is 0.645. The van der Waals surface area contributed by atoms with Gasteiger partial charge in [-0.3, -0.25) is 14.7 Å². The van der Waals surface area contributed by atoms with Crippen LogP contribution in [0.1, 0.15) is 74.0 Å². The zero-order valence-electron chi connectivity index (χ0n) is 31.4. The SMILES string of the molecule is CCCC[C@H]1CN(C(=O)c2cccc3cccnc23)CCN1C[C@H](CSC(c1ccccc1)(c1ccccc1)c1ccccc1)NC(=O)OC(C)(C)C. The first-order chi connectivity index (χ1) is 25.7. The van der Waals surface area contributed by atoms with Crippen molar-refractivity contribution in [2.75, 3.05) is 31.9 Å². The van der Waals surface area contributed by atoms with Crippen molar-refractivity contribution in [1.82, 2.24) is 20.1 Å². The third kappa shape index (κ3) is 9.29. The number of nitrogens with zero attached hydrogens (tertiary/aromatic N) is 3. The number of rotatable bonds is 13. The van der Waals surface area contributed by atoms with Crippen LogP contribution < -0.4 is 5.32 Å². The van der Waals surface area contributed by atoms with Gasteiger partial charge in [-0.25, -0.2) is 4.79 Å². The van der Waals surface area contributed by atoms with Crippen molar-refractivity contribution in [1.29, 1.82) is 0 Å². The number of hydrogen-bond acceptors (Lipinski definition) is 6. The van der Waals surface area contributed by atoms with Crippen LogP contribution in [0.25, 0.3) is 10.9 Å². The van der Waals surface area contributed by atoms with E-state index >= 15 is 0 Å². The van der Waals surface area contributed by atoms with E-state index in [-0.39, 0.29) is 18.0 Å². The van der Waals surface area contributed by atoms with E-state index in [1.165, 1.54) is 16.7 Å². The number of pyridine rings is 1. The zero-order chi connectivity index (χ0) is 37.3. The van der Waals surface area contributed by atoms with Crippen LogP contribution in [-0.2, 0) is 9.48 Å². The molecule has 5 aromatic rings. The molecule has 1 N–H and O–H groups in total. The highest BCUT2D eigenvalue weighted by Gasteiger charge is 2.39. The number of carbonyl (C=O) groups is 2. The number of amides is 2. The van der Waals surface area contributed by atoms with Gasteiger partial charge in [-0.05, 0) is 56.0 Å². The predicted octanol–water partition coefficient (Wildman–Crippen LogP) is 9.17. The van der Waals surface area contributed by atoms with E-state index in [1.807, 2.05) is 67.8 Å². The number of aromatic nitrogens is 1. The summed E-state index contributed by atoms with van der Waals surface area (Å²) in [6.45, 7) is 10.4. The Labute approximate surface area is 319 Å². The Morgan fingerprint density at radius 1 is 0.830 bits per heavy atom. The maximum atomic E-state index is 14.0. The molecule has 4 aromatic carbocycles. The molecule has 0 saturated carbocycles. The van der Waals surface area contributed by atoms with Crippen LogP contribution in [0.2, 0.25) is 0 Å². The quantitative estimate of drug-likeness (QED) is 0.122. The van der Waals surface area contributed by atoms with E-state index in [0.717, 1.165) is 30.2 Å². The predicted molar refractivity (Wildman–Crippen MR) is 217 cm³/mol. The topological polar surface area (TPSA) is 74.8 Å². The number of piperazine rings is 1. The number of ether oxygens (including phenoxy) is 1. The fraction of sp³-hybridized carbons (Fsp3) is 0.356. The lowest BCUT2D eigenvalue weighted by atomic mass is 9.84. The number of para-hydroxylation sites is 1. The van der Waals surface area contributed by atoms with Crippen LogP contribution in [0.15, 0.2) is 128 Å². The number of unbranched alkanes of at least 4 members (excludes halogenated alkanes) is 1. The highest BCUT2D eigenvalue weighted by Crippen LogP contribution is 2.48. The molecule has 0 bridgehead atoms. The van der Waals surface area contributed by atoms with Gasteiger partial charge in [0.1, 0.15) is 5.60 Å². The van der Waals surface area contributed by atoms with Gasteiger partial charge in [0.15, 0.2) is 0 Å². The molecule has 2 amide bonds. The fourth-order valence-corrected chi connectivity index (χ4v) is 8.92. The first-order valence-electron chi connectivity index (χ1n) is 18.8. The second-order valence-electron chi connectivity index (χ2n) is 14.9. The Morgan fingerprint density at radius 2 is 1.43 bits per heavy atom. The van der Waals surface area contributed by atoms with Crippen molar-refractivity contribution in [3.8, 4) is 0 Å². The van der Waals surface area contributed by atoms with Gasteiger partial charge < -0.3 is 15.0 Å². The largest absolute Gasteiger partial charge is 0.444 e. The Kier molecular flexibility index (Phi) is 12.5. The van der Waals surface area contributed by atoms with Gasteiger partial charge in [0.2, 0.25) is 0 Å². The Morgan fingerprint density at radius 3 is 2.02 bits per heavy atom. The van der Waals surface area contributed by atoms with Gasteiger partial charge >= 0.3 is 6.09 Å². The van der Waals surface area contributed by atoms with Gasteiger partial charge in [-0.1, -0.05) is 129 Å². The summed E-state index contributed by atoms with van der Waals surface area (Å²) in [4.78, 5) is 36.6. The van der Waals surface area contributed by atoms with Gasteiger partial charge in [0, 0.05) is 49.6 Å². The summed E-state index contributed by atoms with van der Waals surface area (Å²) in [7, 11) is 0.